The fourth-order valence-corrected chi connectivity index (χ4v) is 1.82. The second-order valence-corrected chi connectivity index (χ2v) is 4.31. The first-order valence-corrected chi connectivity index (χ1v) is 6.07. The lowest BCUT2D eigenvalue weighted by Crippen LogP contribution is -2.27. The molecule has 19 heavy (non-hydrogen) atoms. The number of pyridine rings is 1. The molecule has 2 aromatic rings. The van der Waals surface area contributed by atoms with Gasteiger partial charge in [-0.3, -0.25) is 4.79 Å². The molecule has 4 nitrogen and oxygen atoms in total. The Morgan fingerprint density at radius 2 is 1.95 bits per heavy atom. The Hall–Kier alpha value is -2.54. The average molecular weight is 253 g/mol. The third-order valence-electron chi connectivity index (χ3n) is 3.01. The minimum absolute atomic E-state index is 0.00993. The van der Waals surface area contributed by atoms with Gasteiger partial charge < -0.3 is 9.47 Å². The van der Waals surface area contributed by atoms with Gasteiger partial charge in [-0.05, 0) is 30.3 Å². The fraction of sp³-hybridized carbons (Fsp3) is 0.200. The molecule has 0 aliphatic heterocycles. The van der Waals surface area contributed by atoms with Crippen LogP contribution in [0.1, 0.15) is 5.56 Å². The highest BCUT2D eigenvalue weighted by Crippen LogP contribution is 2.13. The van der Waals surface area contributed by atoms with Crippen molar-refractivity contribution in [2.75, 3.05) is 18.5 Å². The van der Waals surface area contributed by atoms with Gasteiger partial charge in [0, 0.05) is 38.1 Å². The number of hydrogen-bond donors (Lipinski definition) is 0. The van der Waals surface area contributed by atoms with Crippen LogP contribution >= 0.6 is 0 Å². The summed E-state index contributed by atoms with van der Waals surface area (Å²) in [6.07, 6.45) is 1.79. The predicted octanol–water partition coefficient (Wildman–Crippen LogP) is 1.86. The van der Waals surface area contributed by atoms with E-state index in [9.17, 15) is 4.79 Å². The molecule has 1 aromatic carbocycles. The van der Waals surface area contributed by atoms with E-state index in [4.69, 9.17) is 5.26 Å². The molecule has 0 aliphatic carbocycles. The van der Waals surface area contributed by atoms with Crippen LogP contribution in [0.5, 0.6) is 0 Å². The summed E-state index contributed by atoms with van der Waals surface area (Å²) in [5.74, 6) is 0. The smallest absolute Gasteiger partial charge is 0.250 e. The van der Waals surface area contributed by atoms with Crippen LogP contribution in [0, 0.1) is 11.3 Å². The third kappa shape index (κ3) is 3.23. The Labute approximate surface area is 112 Å². The highest BCUT2D eigenvalue weighted by Gasteiger charge is 2.02. The standard InChI is InChI=1S/C15H15N3O/c1-17(14-7-5-13(12-16)6-8-14)10-11-18-9-3-2-4-15(18)19/h2-9H,10-11H2,1H3. The Balaban J connectivity index is 2.01. The molecule has 0 radical (unpaired) electrons. The molecule has 1 heterocycles. The van der Waals surface area contributed by atoms with Gasteiger partial charge in [-0.25, -0.2) is 0 Å². The maximum Gasteiger partial charge on any atom is 0.250 e. The first kappa shape index (κ1) is 12.9. The molecule has 0 amide bonds. The summed E-state index contributed by atoms with van der Waals surface area (Å²) < 4.78 is 1.68. The lowest BCUT2D eigenvalue weighted by atomic mass is 10.2. The van der Waals surface area contributed by atoms with Crippen molar-refractivity contribution in [3.05, 3.63) is 64.6 Å². The topological polar surface area (TPSA) is 49.0 Å². The summed E-state index contributed by atoms with van der Waals surface area (Å²) in [4.78, 5) is 13.6. The first-order chi connectivity index (χ1) is 9.20. The summed E-state index contributed by atoms with van der Waals surface area (Å²) in [6, 6.07) is 14.6. The largest absolute Gasteiger partial charge is 0.373 e. The molecule has 0 bridgehead atoms. The summed E-state index contributed by atoms with van der Waals surface area (Å²) in [5, 5.41) is 8.75. The number of aromatic nitrogens is 1. The zero-order valence-corrected chi connectivity index (χ0v) is 10.8. The molecular formula is C15H15N3O. The maximum atomic E-state index is 11.6. The zero-order chi connectivity index (χ0) is 13.7. The van der Waals surface area contributed by atoms with Gasteiger partial charge in [0.2, 0.25) is 0 Å². The average Bonchev–Trinajstić information content (AvgIpc) is 2.46. The van der Waals surface area contributed by atoms with Crippen LogP contribution < -0.4 is 10.5 Å². The van der Waals surface area contributed by atoms with E-state index in [1.807, 2.05) is 25.2 Å². The Bertz CT molecular complexity index is 637. The van der Waals surface area contributed by atoms with Crippen molar-refractivity contribution in [2.45, 2.75) is 6.54 Å². The molecule has 0 saturated heterocycles. The van der Waals surface area contributed by atoms with Crippen LogP contribution in [0.25, 0.3) is 0 Å². The minimum atomic E-state index is 0.00993. The summed E-state index contributed by atoms with van der Waals surface area (Å²) in [6.45, 7) is 1.37. The maximum absolute atomic E-state index is 11.6. The monoisotopic (exact) mass is 253 g/mol. The molecule has 0 spiro atoms. The fourth-order valence-electron chi connectivity index (χ4n) is 1.82. The van der Waals surface area contributed by atoms with E-state index in [0.29, 0.717) is 12.1 Å². The lowest BCUT2D eigenvalue weighted by molar-refractivity contribution is 0.661. The van der Waals surface area contributed by atoms with Crippen molar-refractivity contribution in [3.63, 3.8) is 0 Å². The number of hydrogen-bond acceptors (Lipinski definition) is 3. The molecule has 0 saturated carbocycles. The molecule has 0 atom stereocenters. The van der Waals surface area contributed by atoms with Crippen LogP contribution in [-0.4, -0.2) is 18.2 Å². The quantitative estimate of drug-likeness (QED) is 0.835. The second kappa shape index (κ2) is 5.87. The number of nitrogens with zero attached hydrogens (tertiary/aromatic N) is 3. The van der Waals surface area contributed by atoms with E-state index < -0.39 is 0 Å². The second-order valence-electron chi connectivity index (χ2n) is 4.31. The van der Waals surface area contributed by atoms with E-state index in [0.717, 1.165) is 12.2 Å². The van der Waals surface area contributed by atoms with Crippen LogP contribution in [-0.2, 0) is 6.54 Å². The molecule has 0 fully saturated rings. The highest BCUT2D eigenvalue weighted by molar-refractivity contribution is 5.48. The van der Waals surface area contributed by atoms with Crippen LogP contribution in [0.4, 0.5) is 5.69 Å². The molecular weight excluding hydrogens is 238 g/mol. The molecule has 0 aliphatic rings. The Morgan fingerprint density at radius 3 is 2.58 bits per heavy atom. The van der Waals surface area contributed by atoms with Gasteiger partial charge in [0.25, 0.3) is 5.56 Å². The molecule has 4 heteroatoms. The van der Waals surface area contributed by atoms with Gasteiger partial charge in [0.1, 0.15) is 0 Å². The SMILES string of the molecule is CN(CCn1ccccc1=O)c1ccc(C#N)cc1. The van der Waals surface area contributed by atoms with E-state index in [1.165, 1.54) is 0 Å². The minimum Gasteiger partial charge on any atom is -0.373 e. The van der Waals surface area contributed by atoms with Gasteiger partial charge in [-0.1, -0.05) is 6.07 Å². The van der Waals surface area contributed by atoms with E-state index in [1.54, 1.807) is 35.0 Å². The number of rotatable bonds is 4. The van der Waals surface area contributed by atoms with Gasteiger partial charge in [0.15, 0.2) is 0 Å². The normalized spacial score (nSPS) is 9.89. The van der Waals surface area contributed by atoms with Crippen LogP contribution in [0.2, 0.25) is 0 Å². The van der Waals surface area contributed by atoms with Crippen molar-refractivity contribution in [2.24, 2.45) is 0 Å². The van der Waals surface area contributed by atoms with Crippen molar-refractivity contribution in [1.29, 1.82) is 5.26 Å². The molecule has 1 aromatic heterocycles. The van der Waals surface area contributed by atoms with Gasteiger partial charge >= 0.3 is 0 Å². The summed E-state index contributed by atoms with van der Waals surface area (Å²) in [5.41, 5.74) is 1.69. The first-order valence-electron chi connectivity index (χ1n) is 6.07. The van der Waals surface area contributed by atoms with Gasteiger partial charge in [0.05, 0.1) is 11.6 Å². The molecule has 2 rings (SSSR count). The summed E-state index contributed by atoms with van der Waals surface area (Å²) >= 11 is 0. The van der Waals surface area contributed by atoms with Crippen molar-refractivity contribution < 1.29 is 0 Å². The van der Waals surface area contributed by atoms with Crippen molar-refractivity contribution in [1.82, 2.24) is 4.57 Å². The summed E-state index contributed by atoms with van der Waals surface area (Å²) in [7, 11) is 1.97. The molecule has 0 N–H and O–H groups in total. The van der Waals surface area contributed by atoms with Crippen molar-refractivity contribution >= 4 is 5.69 Å². The number of nitriles is 1. The van der Waals surface area contributed by atoms with E-state index >= 15 is 0 Å². The van der Waals surface area contributed by atoms with Crippen molar-refractivity contribution in [3.8, 4) is 6.07 Å². The Morgan fingerprint density at radius 1 is 1.21 bits per heavy atom. The molecule has 0 unspecified atom stereocenters. The van der Waals surface area contributed by atoms with Gasteiger partial charge in [-0.15, -0.1) is 0 Å². The highest BCUT2D eigenvalue weighted by atomic mass is 16.1. The van der Waals surface area contributed by atoms with Crippen LogP contribution in [0.3, 0.4) is 0 Å². The van der Waals surface area contributed by atoms with Crippen LogP contribution in [0.15, 0.2) is 53.5 Å². The van der Waals surface area contributed by atoms with Gasteiger partial charge in [-0.2, -0.15) is 5.26 Å². The zero-order valence-electron chi connectivity index (χ0n) is 10.8. The van der Waals surface area contributed by atoms with E-state index in [-0.39, 0.29) is 5.56 Å². The predicted molar refractivity (Wildman–Crippen MR) is 75.1 cm³/mol. The molecule has 96 valence electrons. The number of benzene rings is 1. The number of likely N-dealkylation sites (N-methyl/N-ethyl adjacent to an activating group) is 1. The Kier molecular flexibility index (Phi) is 3.99. The third-order valence-corrected chi connectivity index (χ3v) is 3.01. The number of anilines is 1. The lowest BCUT2D eigenvalue weighted by Gasteiger charge is -2.19. The van der Waals surface area contributed by atoms with E-state index in [2.05, 4.69) is 11.0 Å².